The third-order valence-corrected chi connectivity index (χ3v) is 6.87. The van der Waals surface area contributed by atoms with Crippen LogP contribution in [0.1, 0.15) is 36.2 Å². The molecule has 2 amide bonds. The second-order valence-corrected chi connectivity index (χ2v) is 10.0. The standard InChI is InChI=1S/C20H28N4O5S/c1-22-15-7-4-3-6-14(15)18(17(20(22)26)21-30(2,27)28)23-9-11-24(12-10-23)19(25)16-8-5-13-29-16/h5,8,13-15,21H,3-4,6-7,9-12H2,1-2H3. The molecule has 0 aromatic carbocycles. The first kappa shape index (κ1) is 20.8. The Morgan fingerprint density at radius 2 is 1.87 bits per heavy atom. The Balaban J connectivity index is 1.61. The Labute approximate surface area is 176 Å². The summed E-state index contributed by atoms with van der Waals surface area (Å²) < 4.78 is 31.7. The van der Waals surface area contributed by atoms with Gasteiger partial charge in [-0.25, -0.2) is 8.42 Å². The van der Waals surface area contributed by atoms with Crippen LogP contribution >= 0.6 is 0 Å². The second kappa shape index (κ2) is 7.98. The first-order chi connectivity index (χ1) is 14.3. The highest BCUT2D eigenvalue weighted by Gasteiger charge is 2.44. The molecule has 2 unspecified atom stereocenters. The molecule has 9 nitrogen and oxygen atoms in total. The van der Waals surface area contributed by atoms with Gasteiger partial charge in [0.05, 0.1) is 12.5 Å². The Bertz CT molecular complexity index is 948. The van der Waals surface area contributed by atoms with Crippen molar-refractivity contribution in [3.63, 3.8) is 0 Å². The normalized spacial score (nSPS) is 25.4. The molecule has 1 aliphatic carbocycles. The number of nitrogens with one attached hydrogen (secondary N) is 1. The maximum absolute atomic E-state index is 13.1. The number of hydrogen-bond donors (Lipinski definition) is 1. The molecule has 1 aromatic rings. The summed E-state index contributed by atoms with van der Waals surface area (Å²) in [4.78, 5) is 31.2. The predicted molar refractivity (Wildman–Crippen MR) is 110 cm³/mol. The third kappa shape index (κ3) is 3.92. The van der Waals surface area contributed by atoms with Gasteiger partial charge in [0, 0.05) is 50.9 Å². The fourth-order valence-electron chi connectivity index (χ4n) is 4.90. The lowest BCUT2D eigenvalue weighted by molar-refractivity contribution is -0.131. The largest absolute Gasteiger partial charge is 0.459 e. The summed E-state index contributed by atoms with van der Waals surface area (Å²) in [6.45, 7) is 2.04. The molecule has 1 aromatic heterocycles. The fraction of sp³-hybridized carbons (Fsp3) is 0.600. The highest BCUT2D eigenvalue weighted by atomic mass is 32.2. The first-order valence-corrected chi connectivity index (χ1v) is 12.2. The van der Waals surface area contributed by atoms with Crippen LogP contribution in [-0.4, -0.2) is 80.5 Å². The number of piperazine rings is 1. The number of carbonyl (C=O) groups excluding carboxylic acids is 2. The lowest BCUT2D eigenvalue weighted by Crippen LogP contribution is -2.57. The smallest absolute Gasteiger partial charge is 0.289 e. The van der Waals surface area contributed by atoms with Crippen molar-refractivity contribution >= 4 is 21.8 Å². The van der Waals surface area contributed by atoms with Crippen molar-refractivity contribution in [1.29, 1.82) is 0 Å². The summed E-state index contributed by atoms with van der Waals surface area (Å²) in [6.07, 6.45) is 6.49. The van der Waals surface area contributed by atoms with Gasteiger partial charge < -0.3 is 19.1 Å². The highest BCUT2D eigenvalue weighted by Crippen LogP contribution is 2.40. The zero-order valence-corrected chi connectivity index (χ0v) is 18.2. The van der Waals surface area contributed by atoms with Crippen LogP contribution in [0.5, 0.6) is 0 Å². The third-order valence-electron chi connectivity index (χ3n) is 6.30. The molecule has 10 heteroatoms. The van der Waals surface area contributed by atoms with Crippen LogP contribution in [0, 0.1) is 5.92 Å². The second-order valence-electron chi connectivity index (χ2n) is 8.27. The summed E-state index contributed by atoms with van der Waals surface area (Å²) >= 11 is 0. The number of nitrogens with zero attached hydrogens (tertiary/aromatic N) is 3. The van der Waals surface area contributed by atoms with Crippen LogP contribution in [0.15, 0.2) is 34.2 Å². The van der Waals surface area contributed by atoms with Crippen LogP contribution in [0.4, 0.5) is 0 Å². The van der Waals surface area contributed by atoms with E-state index in [-0.39, 0.29) is 29.5 Å². The van der Waals surface area contributed by atoms with Gasteiger partial charge in [-0.3, -0.25) is 14.3 Å². The predicted octanol–water partition coefficient (Wildman–Crippen LogP) is 0.829. The molecule has 3 aliphatic rings. The average molecular weight is 437 g/mol. The number of sulfonamides is 1. The summed E-state index contributed by atoms with van der Waals surface area (Å²) in [5.74, 6) is -0.0345. The van der Waals surface area contributed by atoms with Crippen LogP contribution in [-0.2, 0) is 14.8 Å². The first-order valence-electron chi connectivity index (χ1n) is 10.3. The van der Waals surface area contributed by atoms with Gasteiger partial charge in [0.2, 0.25) is 10.0 Å². The molecule has 2 atom stereocenters. The average Bonchev–Trinajstić information content (AvgIpc) is 3.26. The Morgan fingerprint density at radius 1 is 1.17 bits per heavy atom. The number of likely N-dealkylation sites (N-methyl/N-ethyl adjacent to an activating group) is 1. The zero-order valence-electron chi connectivity index (χ0n) is 17.3. The van der Waals surface area contributed by atoms with E-state index in [0.29, 0.717) is 31.9 Å². The van der Waals surface area contributed by atoms with Crippen molar-refractivity contribution < 1.29 is 22.4 Å². The minimum Gasteiger partial charge on any atom is -0.459 e. The maximum Gasteiger partial charge on any atom is 0.289 e. The van der Waals surface area contributed by atoms with Crippen molar-refractivity contribution in [3.05, 3.63) is 35.6 Å². The van der Waals surface area contributed by atoms with E-state index < -0.39 is 10.0 Å². The van der Waals surface area contributed by atoms with Gasteiger partial charge in [0.25, 0.3) is 11.8 Å². The quantitative estimate of drug-likeness (QED) is 0.750. The van der Waals surface area contributed by atoms with Crippen molar-refractivity contribution in [2.24, 2.45) is 5.92 Å². The minimum atomic E-state index is -3.60. The molecule has 0 spiro atoms. The minimum absolute atomic E-state index is 0.0779. The molecular weight excluding hydrogens is 408 g/mol. The van der Waals surface area contributed by atoms with E-state index in [1.54, 1.807) is 29.0 Å². The van der Waals surface area contributed by atoms with Crippen molar-refractivity contribution in [3.8, 4) is 0 Å². The van der Waals surface area contributed by atoms with Crippen LogP contribution in [0.25, 0.3) is 0 Å². The van der Waals surface area contributed by atoms with E-state index in [1.165, 1.54) is 6.26 Å². The van der Waals surface area contributed by atoms with Crippen LogP contribution in [0.3, 0.4) is 0 Å². The number of carbonyl (C=O) groups is 2. The van der Waals surface area contributed by atoms with Crippen LogP contribution < -0.4 is 4.72 Å². The van der Waals surface area contributed by atoms with Gasteiger partial charge in [-0.05, 0) is 25.0 Å². The number of rotatable bonds is 4. The summed E-state index contributed by atoms with van der Waals surface area (Å²) in [5, 5.41) is 0. The number of fused-ring (bicyclic) bond motifs is 1. The van der Waals surface area contributed by atoms with E-state index >= 15 is 0 Å². The summed E-state index contributed by atoms with van der Waals surface area (Å²) in [7, 11) is -1.85. The fourth-order valence-corrected chi connectivity index (χ4v) is 5.46. The zero-order chi connectivity index (χ0) is 21.5. The Kier molecular flexibility index (Phi) is 5.52. The molecule has 2 aliphatic heterocycles. The van der Waals surface area contributed by atoms with Gasteiger partial charge >= 0.3 is 0 Å². The van der Waals surface area contributed by atoms with Crippen molar-refractivity contribution in [1.82, 2.24) is 19.4 Å². The summed E-state index contributed by atoms with van der Waals surface area (Å²) in [6, 6.07) is 3.41. The monoisotopic (exact) mass is 436 g/mol. The van der Waals surface area contributed by atoms with E-state index in [4.69, 9.17) is 4.42 Å². The maximum atomic E-state index is 13.1. The van der Waals surface area contributed by atoms with Gasteiger partial charge in [0.15, 0.2) is 5.76 Å². The molecule has 0 bridgehead atoms. The molecule has 3 heterocycles. The number of hydrogen-bond acceptors (Lipinski definition) is 6. The SMILES string of the molecule is CN1C(=O)C(NS(C)(=O)=O)=C(N2CCN(C(=O)c3ccco3)CC2)C2CCCCC21. The van der Waals surface area contributed by atoms with E-state index in [9.17, 15) is 18.0 Å². The molecular formula is C20H28N4O5S. The van der Waals surface area contributed by atoms with Crippen molar-refractivity contribution in [2.75, 3.05) is 39.5 Å². The lowest BCUT2D eigenvalue weighted by atomic mass is 9.78. The van der Waals surface area contributed by atoms with Gasteiger partial charge in [-0.15, -0.1) is 0 Å². The molecule has 1 N–H and O–H groups in total. The summed E-state index contributed by atoms with van der Waals surface area (Å²) in [5.41, 5.74) is 0.951. The molecule has 2 fully saturated rings. The molecule has 30 heavy (non-hydrogen) atoms. The Hall–Kier alpha value is -2.49. The van der Waals surface area contributed by atoms with Gasteiger partial charge in [-0.1, -0.05) is 12.8 Å². The molecule has 1 saturated heterocycles. The lowest BCUT2D eigenvalue weighted by Gasteiger charge is -2.48. The molecule has 164 valence electrons. The molecule has 4 rings (SSSR count). The number of furan rings is 1. The topological polar surface area (TPSA) is 103 Å². The highest BCUT2D eigenvalue weighted by molar-refractivity contribution is 7.88. The van der Waals surface area contributed by atoms with Gasteiger partial charge in [0.1, 0.15) is 5.70 Å². The van der Waals surface area contributed by atoms with E-state index in [0.717, 1.165) is 37.6 Å². The molecule has 0 radical (unpaired) electrons. The number of amides is 2. The van der Waals surface area contributed by atoms with Gasteiger partial charge in [-0.2, -0.15) is 0 Å². The van der Waals surface area contributed by atoms with E-state index in [2.05, 4.69) is 9.62 Å². The van der Waals surface area contributed by atoms with Crippen LogP contribution in [0.2, 0.25) is 0 Å². The Morgan fingerprint density at radius 3 is 2.50 bits per heavy atom. The molecule has 1 saturated carbocycles. The van der Waals surface area contributed by atoms with Crippen molar-refractivity contribution in [2.45, 2.75) is 31.7 Å². The van der Waals surface area contributed by atoms with E-state index in [1.807, 2.05) is 0 Å².